The van der Waals surface area contributed by atoms with Gasteiger partial charge in [0, 0.05) is 6.61 Å². The zero-order chi connectivity index (χ0) is 11.1. The maximum atomic E-state index is 10.2. The van der Waals surface area contributed by atoms with Gasteiger partial charge >= 0.3 is 0 Å². The molecular weight excluding hydrogens is 216 g/mol. The van der Waals surface area contributed by atoms with Crippen LogP contribution in [0.25, 0.3) is 0 Å². The largest absolute Gasteiger partial charge is 0.740 e. The highest BCUT2D eigenvalue weighted by Crippen LogP contribution is 2.13. The Kier molecular flexibility index (Phi) is 5.31. The van der Waals surface area contributed by atoms with Crippen molar-refractivity contribution < 1.29 is 17.7 Å². The normalized spacial score (nSPS) is 12.4. The maximum absolute atomic E-state index is 10.2. The summed E-state index contributed by atoms with van der Waals surface area (Å²) < 4.78 is 30.1. The number of ether oxygens (including phenoxy) is 1. The van der Waals surface area contributed by atoms with Gasteiger partial charge in [-0.1, -0.05) is 12.1 Å². The average molecular weight is 229 g/mol. The minimum Gasteiger partial charge on any atom is -0.740 e. The van der Waals surface area contributed by atoms with Crippen molar-refractivity contribution in [2.45, 2.75) is 13.3 Å². The molecule has 0 aliphatic heterocycles. The first-order valence-electron chi connectivity index (χ1n) is 4.66. The Labute approximate surface area is 91.7 Å². The van der Waals surface area contributed by atoms with Crippen LogP contribution in [-0.4, -0.2) is 22.0 Å². The molecule has 1 atom stereocenters. The van der Waals surface area contributed by atoms with Gasteiger partial charge in [0.15, 0.2) is 0 Å². The summed E-state index contributed by atoms with van der Waals surface area (Å²) in [7, 11) is 0. The van der Waals surface area contributed by atoms with Gasteiger partial charge in [-0.2, -0.15) is 0 Å². The van der Waals surface area contributed by atoms with Crippen molar-refractivity contribution in [3.05, 3.63) is 29.8 Å². The smallest absolute Gasteiger partial charge is 0.139 e. The number of benzene rings is 1. The molecular formula is C10H13O4S-. The minimum absolute atomic E-state index is 0.323. The fraction of sp³-hybridized carbons (Fsp3) is 0.400. The lowest BCUT2D eigenvalue weighted by Gasteiger charge is -2.07. The van der Waals surface area contributed by atoms with Gasteiger partial charge < -0.3 is 13.5 Å². The van der Waals surface area contributed by atoms with Gasteiger partial charge in [0.2, 0.25) is 0 Å². The lowest BCUT2D eigenvalue weighted by Crippen LogP contribution is -1.99. The van der Waals surface area contributed by atoms with E-state index in [4.69, 9.17) is 4.74 Å². The predicted octanol–water partition coefficient (Wildman–Crippen LogP) is 1.44. The highest BCUT2D eigenvalue weighted by atomic mass is 32.2. The van der Waals surface area contributed by atoms with E-state index >= 15 is 0 Å². The van der Waals surface area contributed by atoms with E-state index in [0.717, 1.165) is 12.0 Å². The quantitative estimate of drug-likeness (QED) is 0.547. The molecule has 0 saturated heterocycles. The molecule has 0 spiro atoms. The Balaban J connectivity index is 2.45. The SMILES string of the molecule is CCOCCc1ccc(OS(=O)[O-])cc1. The van der Waals surface area contributed by atoms with Crippen LogP contribution in [0.3, 0.4) is 0 Å². The number of hydrogen-bond acceptors (Lipinski definition) is 4. The van der Waals surface area contributed by atoms with Gasteiger partial charge in [0.05, 0.1) is 6.61 Å². The van der Waals surface area contributed by atoms with E-state index in [2.05, 4.69) is 4.18 Å². The summed E-state index contributed by atoms with van der Waals surface area (Å²) >= 11 is -2.50. The van der Waals surface area contributed by atoms with E-state index in [1.54, 1.807) is 12.1 Å². The molecule has 0 aromatic heterocycles. The van der Waals surface area contributed by atoms with Crippen LogP contribution in [0.2, 0.25) is 0 Å². The Bertz CT molecular complexity index is 310. The highest BCUT2D eigenvalue weighted by molar-refractivity contribution is 7.74. The summed E-state index contributed by atoms with van der Waals surface area (Å²) in [5, 5.41) is 0. The summed E-state index contributed by atoms with van der Waals surface area (Å²) in [5.41, 5.74) is 1.09. The fourth-order valence-electron chi connectivity index (χ4n) is 1.12. The molecule has 0 aliphatic rings. The van der Waals surface area contributed by atoms with E-state index in [0.29, 0.717) is 19.0 Å². The topological polar surface area (TPSA) is 58.6 Å². The molecule has 5 heteroatoms. The van der Waals surface area contributed by atoms with E-state index in [1.807, 2.05) is 19.1 Å². The molecule has 0 aliphatic carbocycles. The summed E-state index contributed by atoms with van der Waals surface area (Å²) in [6, 6.07) is 6.89. The van der Waals surface area contributed by atoms with Crippen LogP contribution in [0.4, 0.5) is 0 Å². The van der Waals surface area contributed by atoms with Crippen molar-refractivity contribution in [3.8, 4) is 5.75 Å². The standard InChI is InChI=1S/C10H14O4S/c1-2-13-8-7-9-3-5-10(6-4-9)14-15(11)12/h3-6H,2,7-8H2,1H3,(H,11,12)/p-1. The van der Waals surface area contributed by atoms with Crippen molar-refractivity contribution in [1.29, 1.82) is 0 Å². The van der Waals surface area contributed by atoms with Gasteiger partial charge in [0.1, 0.15) is 17.1 Å². The van der Waals surface area contributed by atoms with E-state index in [-0.39, 0.29) is 0 Å². The second-order valence-electron chi connectivity index (χ2n) is 2.88. The third-order valence-corrected chi connectivity index (χ3v) is 2.16. The molecule has 4 nitrogen and oxygen atoms in total. The van der Waals surface area contributed by atoms with Gasteiger partial charge in [-0.05, 0) is 31.0 Å². The van der Waals surface area contributed by atoms with Crippen LogP contribution in [-0.2, 0) is 22.5 Å². The molecule has 1 aromatic rings. The fourth-order valence-corrected chi connectivity index (χ4v) is 1.39. The molecule has 15 heavy (non-hydrogen) atoms. The van der Waals surface area contributed by atoms with Gasteiger partial charge in [0.25, 0.3) is 0 Å². The highest BCUT2D eigenvalue weighted by Gasteiger charge is 1.96. The Morgan fingerprint density at radius 1 is 1.33 bits per heavy atom. The van der Waals surface area contributed by atoms with Gasteiger partial charge in [-0.15, -0.1) is 0 Å². The monoisotopic (exact) mass is 229 g/mol. The van der Waals surface area contributed by atoms with Crippen LogP contribution in [0.1, 0.15) is 12.5 Å². The van der Waals surface area contributed by atoms with E-state index in [1.165, 1.54) is 0 Å². The summed E-state index contributed by atoms with van der Waals surface area (Å²) in [6.07, 6.45) is 0.814. The molecule has 1 unspecified atom stereocenters. The predicted molar refractivity (Wildman–Crippen MR) is 56.2 cm³/mol. The van der Waals surface area contributed by atoms with Crippen molar-refractivity contribution >= 4 is 11.4 Å². The van der Waals surface area contributed by atoms with Crippen molar-refractivity contribution in [3.63, 3.8) is 0 Å². The summed E-state index contributed by atoms with van der Waals surface area (Å²) in [4.78, 5) is 0. The molecule has 0 amide bonds. The summed E-state index contributed by atoms with van der Waals surface area (Å²) in [6.45, 7) is 3.32. The molecule has 1 aromatic carbocycles. The van der Waals surface area contributed by atoms with Crippen LogP contribution < -0.4 is 4.18 Å². The Morgan fingerprint density at radius 2 is 2.00 bits per heavy atom. The molecule has 0 N–H and O–H groups in total. The van der Waals surface area contributed by atoms with Crippen LogP contribution in [0.5, 0.6) is 5.75 Å². The lowest BCUT2D eigenvalue weighted by atomic mass is 10.1. The maximum Gasteiger partial charge on any atom is 0.139 e. The molecule has 0 fully saturated rings. The summed E-state index contributed by atoms with van der Waals surface area (Å²) in [5.74, 6) is 0.323. The first-order valence-corrected chi connectivity index (χ1v) is 5.66. The van der Waals surface area contributed by atoms with Crippen molar-refractivity contribution in [2.24, 2.45) is 0 Å². The van der Waals surface area contributed by atoms with Crippen LogP contribution >= 0.6 is 0 Å². The number of hydrogen-bond donors (Lipinski definition) is 0. The zero-order valence-electron chi connectivity index (χ0n) is 8.47. The molecule has 0 saturated carbocycles. The Morgan fingerprint density at radius 3 is 2.53 bits per heavy atom. The van der Waals surface area contributed by atoms with E-state index in [9.17, 15) is 8.76 Å². The first-order chi connectivity index (χ1) is 7.22. The van der Waals surface area contributed by atoms with Gasteiger partial charge in [-0.3, -0.25) is 0 Å². The Hall–Kier alpha value is -0.910. The van der Waals surface area contributed by atoms with E-state index < -0.39 is 11.4 Å². The average Bonchev–Trinajstić information content (AvgIpc) is 2.20. The second-order valence-corrected chi connectivity index (χ2v) is 3.45. The molecule has 0 heterocycles. The molecule has 0 radical (unpaired) electrons. The molecule has 84 valence electrons. The third kappa shape index (κ3) is 4.92. The van der Waals surface area contributed by atoms with Crippen LogP contribution in [0, 0.1) is 0 Å². The minimum atomic E-state index is -2.50. The van der Waals surface area contributed by atoms with Gasteiger partial charge in [-0.25, -0.2) is 4.21 Å². The first kappa shape index (κ1) is 12.2. The number of rotatable bonds is 6. The van der Waals surface area contributed by atoms with Crippen molar-refractivity contribution in [2.75, 3.05) is 13.2 Å². The third-order valence-electron chi connectivity index (χ3n) is 1.83. The van der Waals surface area contributed by atoms with Crippen molar-refractivity contribution in [1.82, 2.24) is 0 Å². The van der Waals surface area contributed by atoms with Crippen LogP contribution in [0.15, 0.2) is 24.3 Å². The molecule has 0 bridgehead atoms. The molecule has 1 rings (SSSR count). The lowest BCUT2D eigenvalue weighted by molar-refractivity contribution is 0.151. The second kappa shape index (κ2) is 6.55. The zero-order valence-corrected chi connectivity index (χ0v) is 9.29.